The van der Waals surface area contributed by atoms with Crippen LogP contribution in [0.15, 0.2) is 11.6 Å². The van der Waals surface area contributed by atoms with Crippen molar-refractivity contribution >= 4 is 17.7 Å². The largest absolute Gasteiger partial charge is 0.507 e. The second kappa shape index (κ2) is 5.52. The van der Waals surface area contributed by atoms with Crippen molar-refractivity contribution in [2.24, 2.45) is 5.73 Å². The molecule has 0 aliphatic carbocycles. The van der Waals surface area contributed by atoms with E-state index in [4.69, 9.17) is 11.0 Å². The minimum atomic E-state index is -0.784. The number of aromatic hydroxyl groups is 1. The summed E-state index contributed by atoms with van der Waals surface area (Å²) in [5.41, 5.74) is 8.60. The number of nitrogens with two attached hydrogens (primary N) is 1. The topological polar surface area (TPSA) is 90.3 Å². The predicted octanol–water partition coefficient (Wildman–Crippen LogP) is 2.95. The molecule has 0 radical (unpaired) electrons. The second-order valence-electron chi connectivity index (χ2n) is 8.37. The van der Waals surface area contributed by atoms with E-state index < -0.39 is 5.91 Å². The highest BCUT2D eigenvalue weighted by Gasteiger charge is 2.42. The summed E-state index contributed by atoms with van der Waals surface area (Å²) in [5.74, 6) is -0.631. The van der Waals surface area contributed by atoms with E-state index in [1.165, 1.54) is 6.08 Å². The summed E-state index contributed by atoms with van der Waals surface area (Å²) in [6.45, 7) is 10.6. The molecule has 0 bridgehead atoms. The quantitative estimate of drug-likeness (QED) is 0.640. The molecular weight excluding hydrogens is 314 g/mol. The van der Waals surface area contributed by atoms with Gasteiger partial charge in [0.25, 0.3) is 5.91 Å². The van der Waals surface area contributed by atoms with Crippen molar-refractivity contribution in [3.05, 3.63) is 28.3 Å². The number of hydrogen-bond acceptors (Lipinski definition) is 4. The molecule has 2 heterocycles. The lowest BCUT2D eigenvalue weighted by atomic mass is 9.68. The van der Waals surface area contributed by atoms with Crippen LogP contribution in [0.25, 0.3) is 6.08 Å². The fourth-order valence-corrected chi connectivity index (χ4v) is 4.02. The Hall–Kier alpha value is -2.48. The number of rotatable bonds is 2. The Labute approximate surface area is 148 Å². The number of benzene rings is 1. The van der Waals surface area contributed by atoms with Gasteiger partial charge in [-0.3, -0.25) is 4.79 Å². The molecule has 0 saturated heterocycles. The lowest BCUT2D eigenvalue weighted by Gasteiger charge is -2.48. The molecule has 0 spiro atoms. The van der Waals surface area contributed by atoms with Crippen LogP contribution in [0.3, 0.4) is 0 Å². The molecule has 0 aromatic heterocycles. The molecule has 0 saturated carbocycles. The van der Waals surface area contributed by atoms with Gasteiger partial charge in [-0.25, -0.2) is 0 Å². The number of primary amides is 1. The molecule has 25 heavy (non-hydrogen) atoms. The van der Waals surface area contributed by atoms with Crippen molar-refractivity contribution in [1.82, 2.24) is 0 Å². The van der Waals surface area contributed by atoms with E-state index in [2.05, 4.69) is 32.6 Å². The maximum absolute atomic E-state index is 11.4. The monoisotopic (exact) mass is 339 g/mol. The highest BCUT2D eigenvalue weighted by atomic mass is 16.3. The van der Waals surface area contributed by atoms with Crippen molar-refractivity contribution < 1.29 is 9.90 Å². The Balaban J connectivity index is 2.36. The number of nitrogens with zero attached hydrogens (tertiary/aromatic N) is 2. The first-order valence-electron chi connectivity index (χ1n) is 8.66. The van der Waals surface area contributed by atoms with Crippen LogP contribution in [0.5, 0.6) is 5.75 Å². The molecule has 1 aromatic carbocycles. The van der Waals surface area contributed by atoms with Gasteiger partial charge in [0.05, 0.1) is 0 Å². The lowest BCUT2D eigenvalue weighted by Crippen LogP contribution is -2.44. The van der Waals surface area contributed by atoms with Crippen molar-refractivity contribution in [2.45, 2.75) is 51.4 Å². The van der Waals surface area contributed by atoms with Crippen LogP contribution in [0, 0.1) is 11.3 Å². The van der Waals surface area contributed by atoms with Crippen LogP contribution in [0.4, 0.5) is 5.69 Å². The highest BCUT2D eigenvalue weighted by molar-refractivity contribution is 6.01. The van der Waals surface area contributed by atoms with Gasteiger partial charge in [-0.05, 0) is 41.4 Å². The Morgan fingerprint density at radius 3 is 2.44 bits per heavy atom. The molecule has 2 aliphatic heterocycles. The molecule has 1 aromatic rings. The second-order valence-corrected chi connectivity index (χ2v) is 8.37. The zero-order valence-corrected chi connectivity index (χ0v) is 15.3. The van der Waals surface area contributed by atoms with Gasteiger partial charge in [0.2, 0.25) is 0 Å². The number of nitriles is 1. The van der Waals surface area contributed by atoms with Crippen molar-refractivity contribution in [1.29, 1.82) is 5.26 Å². The van der Waals surface area contributed by atoms with Crippen LogP contribution in [-0.2, 0) is 15.6 Å². The molecule has 0 unspecified atom stereocenters. The molecule has 5 heteroatoms. The van der Waals surface area contributed by atoms with Crippen molar-refractivity contribution in [3.8, 4) is 11.8 Å². The Kier molecular flexibility index (Phi) is 3.83. The fraction of sp³-hybridized carbons (Fsp3) is 0.500. The van der Waals surface area contributed by atoms with E-state index in [1.807, 2.05) is 12.1 Å². The van der Waals surface area contributed by atoms with Crippen LogP contribution in [0.2, 0.25) is 0 Å². The van der Waals surface area contributed by atoms with E-state index in [0.29, 0.717) is 5.56 Å². The number of carbonyl (C=O) groups excluding carboxylic acids is 1. The fourth-order valence-electron chi connectivity index (χ4n) is 4.02. The maximum atomic E-state index is 11.4. The first-order valence-corrected chi connectivity index (χ1v) is 8.66. The van der Waals surface area contributed by atoms with Crippen LogP contribution >= 0.6 is 0 Å². The molecule has 1 amide bonds. The van der Waals surface area contributed by atoms with E-state index >= 15 is 0 Å². The van der Waals surface area contributed by atoms with Crippen LogP contribution in [-0.4, -0.2) is 24.1 Å². The van der Waals surface area contributed by atoms with Crippen LogP contribution in [0.1, 0.15) is 57.2 Å². The number of phenolic OH excluding ortho intramolecular Hbond substituents is 1. The standard InChI is InChI=1S/C20H25N3O2/c1-19(2)5-7-23-8-6-20(3,4)15-16(23)14(19)10-12(17(15)24)9-13(11-21)18(22)25/h9-10,24H,5-8H2,1-4H3,(H2,22,25). The van der Waals surface area contributed by atoms with Gasteiger partial charge in [-0.1, -0.05) is 27.7 Å². The number of phenols is 1. The number of carbonyl (C=O) groups is 1. The van der Waals surface area contributed by atoms with Gasteiger partial charge >= 0.3 is 0 Å². The van der Waals surface area contributed by atoms with Gasteiger partial charge < -0.3 is 15.7 Å². The van der Waals surface area contributed by atoms with Gasteiger partial charge in [0.1, 0.15) is 17.4 Å². The average molecular weight is 339 g/mol. The zero-order valence-electron chi connectivity index (χ0n) is 15.3. The summed E-state index contributed by atoms with van der Waals surface area (Å²) in [6, 6.07) is 3.74. The molecule has 2 aliphatic rings. The van der Waals surface area contributed by atoms with Crippen molar-refractivity contribution in [3.63, 3.8) is 0 Å². The Morgan fingerprint density at radius 1 is 1.28 bits per heavy atom. The first-order chi connectivity index (χ1) is 11.6. The first kappa shape index (κ1) is 17.3. The van der Waals surface area contributed by atoms with Gasteiger partial charge in [-0.2, -0.15) is 5.26 Å². The molecular formula is C20H25N3O2. The van der Waals surface area contributed by atoms with E-state index in [1.54, 1.807) is 0 Å². The van der Waals surface area contributed by atoms with Crippen molar-refractivity contribution in [2.75, 3.05) is 18.0 Å². The smallest absolute Gasteiger partial charge is 0.259 e. The van der Waals surface area contributed by atoms with E-state index in [-0.39, 0.29) is 22.2 Å². The number of amides is 1. The van der Waals surface area contributed by atoms with E-state index in [0.717, 1.165) is 42.7 Å². The third-order valence-electron chi connectivity index (χ3n) is 5.72. The number of hydrogen-bond donors (Lipinski definition) is 2. The van der Waals surface area contributed by atoms with Gasteiger partial charge in [0, 0.05) is 29.9 Å². The summed E-state index contributed by atoms with van der Waals surface area (Å²) >= 11 is 0. The number of anilines is 1. The lowest BCUT2D eigenvalue weighted by molar-refractivity contribution is -0.114. The average Bonchev–Trinajstić information content (AvgIpc) is 2.51. The minimum Gasteiger partial charge on any atom is -0.507 e. The molecule has 3 rings (SSSR count). The van der Waals surface area contributed by atoms with Crippen LogP contribution < -0.4 is 10.6 Å². The SMILES string of the molecule is CC1(C)CCN2CCC(C)(C)c3c(O)c(C=C(C#N)C(N)=O)cc1c32. The van der Waals surface area contributed by atoms with Gasteiger partial charge in [-0.15, -0.1) is 0 Å². The molecule has 0 fully saturated rings. The summed E-state index contributed by atoms with van der Waals surface area (Å²) in [7, 11) is 0. The molecule has 3 N–H and O–H groups in total. The third-order valence-corrected chi connectivity index (χ3v) is 5.72. The Morgan fingerprint density at radius 2 is 1.88 bits per heavy atom. The summed E-state index contributed by atoms with van der Waals surface area (Å²) in [5, 5.41) is 20.2. The third kappa shape index (κ3) is 2.66. The highest BCUT2D eigenvalue weighted by Crippen LogP contribution is 2.53. The molecule has 132 valence electrons. The normalized spacial score (nSPS) is 20.6. The zero-order chi connectivity index (χ0) is 18.6. The maximum Gasteiger partial charge on any atom is 0.259 e. The Bertz CT molecular complexity index is 826. The minimum absolute atomic E-state index is 0.0379. The predicted molar refractivity (Wildman–Crippen MR) is 98.4 cm³/mol. The summed E-state index contributed by atoms with van der Waals surface area (Å²) < 4.78 is 0. The van der Waals surface area contributed by atoms with E-state index in [9.17, 15) is 9.90 Å². The summed E-state index contributed by atoms with van der Waals surface area (Å²) in [4.78, 5) is 13.8. The summed E-state index contributed by atoms with van der Waals surface area (Å²) in [6.07, 6.45) is 3.38. The van der Waals surface area contributed by atoms with Gasteiger partial charge in [0.15, 0.2) is 0 Å². The molecule has 5 nitrogen and oxygen atoms in total. The molecule has 0 atom stereocenters.